The van der Waals surface area contributed by atoms with E-state index in [-0.39, 0.29) is 11.8 Å². The molecule has 0 aromatic heterocycles. The van der Waals surface area contributed by atoms with E-state index in [1.54, 1.807) is 6.92 Å². The molecule has 2 saturated carbocycles. The van der Waals surface area contributed by atoms with E-state index in [1.807, 2.05) is 28.8 Å². The van der Waals surface area contributed by atoms with Crippen molar-refractivity contribution < 1.29 is 9.59 Å². The standard InChI is InChI=1S/C24H36N2O2S/c1-18(27)25-22-13-14-23(24(15-22)29-17-21-11-7-4-8-12-21)26(19(2)28)16-20-9-5-3-6-10-20/h13-15,20-21H,3-12,16-17H2,1-2H3,(H,25,27). The molecule has 0 bridgehead atoms. The van der Waals surface area contributed by atoms with Crippen molar-refractivity contribution in [3.8, 4) is 0 Å². The molecule has 2 aliphatic rings. The summed E-state index contributed by atoms with van der Waals surface area (Å²) in [5, 5.41) is 2.90. The summed E-state index contributed by atoms with van der Waals surface area (Å²) in [7, 11) is 0. The third-order valence-corrected chi connectivity index (χ3v) is 7.59. The lowest BCUT2D eigenvalue weighted by Gasteiger charge is -2.31. The lowest BCUT2D eigenvalue weighted by Crippen LogP contribution is -2.34. The van der Waals surface area contributed by atoms with Crippen molar-refractivity contribution in [2.45, 2.75) is 83.0 Å². The van der Waals surface area contributed by atoms with Crippen molar-refractivity contribution in [2.75, 3.05) is 22.5 Å². The molecule has 2 aliphatic carbocycles. The van der Waals surface area contributed by atoms with E-state index in [4.69, 9.17) is 0 Å². The molecule has 0 unspecified atom stereocenters. The maximum Gasteiger partial charge on any atom is 0.223 e. The Morgan fingerprint density at radius 1 is 0.966 bits per heavy atom. The summed E-state index contributed by atoms with van der Waals surface area (Å²) in [6.07, 6.45) is 13.0. The van der Waals surface area contributed by atoms with Crippen molar-refractivity contribution >= 4 is 35.0 Å². The summed E-state index contributed by atoms with van der Waals surface area (Å²) in [5.41, 5.74) is 1.83. The molecular weight excluding hydrogens is 380 g/mol. The van der Waals surface area contributed by atoms with Gasteiger partial charge in [0.1, 0.15) is 0 Å². The topological polar surface area (TPSA) is 49.4 Å². The van der Waals surface area contributed by atoms with Gasteiger partial charge in [-0.25, -0.2) is 0 Å². The maximum atomic E-state index is 12.6. The molecule has 0 atom stereocenters. The van der Waals surface area contributed by atoms with E-state index in [2.05, 4.69) is 11.4 Å². The number of hydrogen-bond donors (Lipinski definition) is 1. The molecule has 2 fully saturated rings. The zero-order valence-electron chi connectivity index (χ0n) is 18.0. The van der Waals surface area contributed by atoms with E-state index in [0.29, 0.717) is 5.92 Å². The Morgan fingerprint density at radius 3 is 2.17 bits per heavy atom. The minimum absolute atomic E-state index is 0.0633. The molecule has 0 spiro atoms. The van der Waals surface area contributed by atoms with Crippen LogP contribution in [0.4, 0.5) is 11.4 Å². The van der Waals surface area contributed by atoms with Gasteiger partial charge in [0.05, 0.1) is 5.69 Å². The molecule has 160 valence electrons. The van der Waals surface area contributed by atoms with Crippen LogP contribution in [0.1, 0.15) is 78.1 Å². The smallest absolute Gasteiger partial charge is 0.223 e. The molecule has 1 aromatic rings. The van der Waals surface area contributed by atoms with Crippen LogP contribution < -0.4 is 10.2 Å². The summed E-state index contributed by atoms with van der Waals surface area (Å²) >= 11 is 1.86. The molecule has 0 radical (unpaired) electrons. The van der Waals surface area contributed by atoms with Gasteiger partial charge >= 0.3 is 0 Å². The summed E-state index contributed by atoms with van der Waals surface area (Å²) in [5.74, 6) is 2.49. The highest BCUT2D eigenvalue weighted by atomic mass is 32.2. The number of amides is 2. The van der Waals surface area contributed by atoms with E-state index in [1.165, 1.54) is 71.1 Å². The fourth-order valence-electron chi connectivity index (χ4n) is 4.72. The van der Waals surface area contributed by atoms with Gasteiger partial charge in [0, 0.05) is 36.7 Å². The average Bonchev–Trinajstić information content (AvgIpc) is 2.72. The Kier molecular flexibility index (Phi) is 8.46. The molecule has 1 N–H and O–H groups in total. The van der Waals surface area contributed by atoms with Gasteiger partial charge in [-0.2, -0.15) is 0 Å². The van der Waals surface area contributed by atoms with Crippen molar-refractivity contribution in [1.82, 2.24) is 0 Å². The highest BCUT2D eigenvalue weighted by Gasteiger charge is 2.23. The fourth-order valence-corrected chi connectivity index (χ4v) is 6.00. The van der Waals surface area contributed by atoms with E-state index < -0.39 is 0 Å². The normalized spacial score (nSPS) is 18.4. The van der Waals surface area contributed by atoms with Gasteiger partial charge in [0.2, 0.25) is 11.8 Å². The quantitative estimate of drug-likeness (QED) is 0.534. The second-order valence-electron chi connectivity index (χ2n) is 8.81. The van der Waals surface area contributed by atoms with Gasteiger partial charge in [-0.3, -0.25) is 9.59 Å². The molecule has 0 heterocycles. The number of nitrogens with zero attached hydrogens (tertiary/aromatic N) is 1. The summed E-state index contributed by atoms with van der Waals surface area (Å²) in [6.45, 7) is 4.03. The van der Waals surface area contributed by atoms with Crippen LogP contribution in [0.2, 0.25) is 0 Å². The highest BCUT2D eigenvalue weighted by molar-refractivity contribution is 7.99. The molecule has 0 saturated heterocycles. The number of anilines is 2. The lowest BCUT2D eigenvalue weighted by atomic mass is 9.89. The number of hydrogen-bond acceptors (Lipinski definition) is 3. The number of rotatable bonds is 7. The summed E-state index contributed by atoms with van der Waals surface area (Å²) < 4.78 is 0. The van der Waals surface area contributed by atoms with Crippen LogP contribution >= 0.6 is 11.8 Å². The Balaban J connectivity index is 1.80. The molecule has 29 heavy (non-hydrogen) atoms. The monoisotopic (exact) mass is 416 g/mol. The maximum absolute atomic E-state index is 12.6. The molecule has 1 aromatic carbocycles. The first-order chi connectivity index (χ1) is 14.0. The first kappa shape index (κ1) is 22.2. The molecular formula is C24H36N2O2S. The van der Waals surface area contributed by atoms with Gasteiger partial charge < -0.3 is 10.2 Å². The molecule has 0 aliphatic heterocycles. The van der Waals surface area contributed by atoms with Crippen LogP contribution in [-0.4, -0.2) is 24.1 Å². The fraction of sp³-hybridized carbons (Fsp3) is 0.667. The largest absolute Gasteiger partial charge is 0.326 e. The number of nitrogens with one attached hydrogen (secondary N) is 1. The second-order valence-corrected chi connectivity index (χ2v) is 9.87. The third-order valence-electron chi connectivity index (χ3n) is 6.32. The molecule has 2 amide bonds. The minimum Gasteiger partial charge on any atom is -0.326 e. The van der Waals surface area contributed by atoms with Crippen LogP contribution in [0.15, 0.2) is 23.1 Å². The van der Waals surface area contributed by atoms with Crippen molar-refractivity contribution in [1.29, 1.82) is 0 Å². The van der Waals surface area contributed by atoms with E-state index in [9.17, 15) is 9.59 Å². The first-order valence-electron chi connectivity index (χ1n) is 11.4. The van der Waals surface area contributed by atoms with Crippen molar-refractivity contribution in [3.63, 3.8) is 0 Å². The Hall–Kier alpha value is -1.49. The summed E-state index contributed by atoms with van der Waals surface area (Å²) in [4.78, 5) is 27.2. The number of thioether (sulfide) groups is 1. The lowest BCUT2D eigenvalue weighted by molar-refractivity contribution is -0.117. The van der Waals surface area contributed by atoms with Gasteiger partial charge in [-0.05, 0) is 55.7 Å². The highest BCUT2D eigenvalue weighted by Crippen LogP contribution is 2.38. The SMILES string of the molecule is CC(=O)Nc1ccc(N(CC2CCCCC2)C(C)=O)c(SCC2CCCCC2)c1. The minimum atomic E-state index is -0.0633. The van der Waals surface area contributed by atoms with Gasteiger partial charge in [0.25, 0.3) is 0 Å². The average molecular weight is 417 g/mol. The van der Waals surface area contributed by atoms with Crippen molar-refractivity contribution in [3.05, 3.63) is 18.2 Å². The molecule has 4 nitrogen and oxygen atoms in total. The predicted molar refractivity (Wildman–Crippen MR) is 123 cm³/mol. The zero-order chi connectivity index (χ0) is 20.6. The van der Waals surface area contributed by atoms with Gasteiger partial charge in [-0.15, -0.1) is 11.8 Å². The first-order valence-corrected chi connectivity index (χ1v) is 12.3. The van der Waals surface area contributed by atoms with Crippen LogP contribution in [-0.2, 0) is 9.59 Å². The van der Waals surface area contributed by atoms with Crippen LogP contribution in [0.3, 0.4) is 0 Å². The molecule has 5 heteroatoms. The number of carbonyl (C=O) groups is 2. The number of carbonyl (C=O) groups excluding carboxylic acids is 2. The van der Waals surface area contributed by atoms with Gasteiger partial charge in [-0.1, -0.05) is 38.5 Å². The Bertz CT molecular complexity index is 694. The van der Waals surface area contributed by atoms with Gasteiger partial charge in [0.15, 0.2) is 0 Å². The third kappa shape index (κ3) is 6.77. The Labute approximate surface area is 180 Å². The van der Waals surface area contributed by atoms with E-state index in [0.717, 1.165) is 34.5 Å². The van der Waals surface area contributed by atoms with Crippen LogP contribution in [0, 0.1) is 11.8 Å². The Morgan fingerprint density at radius 2 is 1.59 bits per heavy atom. The van der Waals surface area contributed by atoms with E-state index >= 15 is 0 Å². The summed E-state index contributed by atoms with van der Waals surface area (Å²) in [6, 6.07) is 6.01. The van der Waals surface area contributed by atoms with Crippen molar-refractivity contribution in [2.24, 2.45) is 11.8 Å². The number of benzene rings is 1. The predicted octanol–water partition coefficient (Wildman–Crippen LogP) is 6.25. The zero-order valence-corrected chi connectivity index (χ0v) is 18.9. The van der Waals surface area contributed by atoms with Crippen LogP contribution in [0.25, 0.3) is 0 Å². The van der Waals surface area contributed by atoms with Crippen LogP contribution in [0.5, 0.6) is 0 Å². The molecule has 3 rings (SSSR count). The second kappa shape index (κ2) is 11.1.